The van der Waals surface area contributed by atoms with Crippen molar-refractivity contribution in [2.24, 2.45) is 0 Å². The summed E-state index contributed by atoms with van der Waals surface area (Å²) < 4.78 is 16.4. The van der Waals surface area contributed by atoms with Crippen molar-refractivity contribution in [3.8, 4) is 33.9 Å². The average Bonchev–Trinajstić information content (AvgIpc) is 2.74. The van der Waals surface area contributed by atoms with E-state index in [0.29, 0.717) is 39.4 Å². The maximum Gasteiger partial charge on any atom is 0.308 e. The molecule has 0 fully saturated rings. The summed E-state index contributed by atoms with van der Waals surface area (Å²) >= 11 is 0. The first-order valence-electron chi connectivity index (χ1n) is 9.56. The Balaban J connectivity index is 1.94. The highest BCUT2D eigenvalue weighted by atomic mass is 16.5. The van der Waals surface area contributed by atoms with Gasteiger partial charge in [0.05, 0.1) is 10.9 Å². The molecular weight excluding hydrogens is 396 g/mol. The van der Waals surface area contributed by atoms with E-state index in [-0.39, 0.29) is 5.43 Å². The Bertz CT molecular complexity index is 1330. The topological polar surface area (TPSA) is 82.8 Å². The van der Waals surface area contributed by atoms with Crippen molar-refractivity contribution in [2.75, 3.05) is 0 Å². The van der Waals surface area contributed by atoms with E-state index in [1.54, 1.807) is 36.4 Å². The molecule has 0 atom stereocenters. The Labute approximate surface area is 177 Å². The van der Waals surface area contributed by atoms with Crippen LogP contribution in [0, 0.1) is 0 Å². The molecule has 31 heavy (non-hydrogen) atoms. The van der Waals surface area contributed by atoms with Gasteiger partial charge in [0, 0.05) is 25.5 Å². The van der Waals surface area contributed by atoms with Gasteiger partial charge < -0.3 is 13.9 Å². The third kappa shape index (κ3) is 4.23. The summed E-state index contributed by atoms with van der Waals surface area (Å²) in [5, 5.41) is 0.356. The summed E-state index contributed by atoms with van der Waals surface area (Å²) in [6.07, 6.45) is 0. The van der Waals surface area contributed by atoms with Gasteiger partial charge in [-0.1, -0.05) is 42.5 Å². The van der Waals surface area contributed by atoms with E-state index in [9.17, 15) is 14.4 Å². The number of ether oxygens (including phenoxy) is 2. The highest BCUT2D eigenvalue weighted by Gasteiger charge is 2.18. The maximum atomic E-state index is 13.5. The van der Waals surface area contributed by atoms with Crippen LogP contribution < -0.4 is 14.9 Å². The third-order valence-corrected chi connectivity index (χ3v) is 4.57. The smallest absolute Gasteiger partial charge is 0.308 e. The van der Waals surface area contributed by atoms with Gasteiger partial charge in [-0.2, -0.15) is 0 Å². The zero-order chi connectivity index (χ0) is 22.0. The minimum atomic E-state index is -0.463. The molecule has 1 aromatic heterocycles. The molecule has 6 heteroatoms. The molecule has 0 saturated heterocycles. The Morgan fingerprint density at radius 1 is 0.742 bits per heavy atom. The zero-order valence-electron chi connectivity index (χ0n) is 16.9. The largest absolute Gasteiger partial charge is 0.455 e. The van der Waals surface area contributed by atoms with Gasteiger partial charge >= 0.3 is 11.9 Å². The maximum absolute atomic E-state index is 13.5. The second-order valence-electron chi connectivity index (χ2n) is 6.87. The second-order valence-corrected chi connectivity index (χ2v) is 6.87. The standard InChI is InChI=1S/C25H18O6/c1-15(26)29-19-10-8-17(9-11-19)23-24(28)21-13-12-20(30-16(2)27)14-22(21)31-25(23)18-6-4-3-5-7-18/h3-14H,1-2H3. The fourth-order valence-electron chi connectivity index (χ4n) is 3.31. The van der Waals surface area contributed by atoms with Crippen molar-refractivity contribution in [1.29, 1.82) is 0 Å². The van der Waals surface area contributed by atoms with Crippen molar-refractivity contribution in [2.45, 2.75) is 13.8 Å². The van der Waals surface area contributed by atoms with Gasteiger partial charge in [0.25, 0.3) is 0 Å². The first-order chi connectivity index (χ1) is 14.9. The Morgan fingerprint density at radius 2 is 1.35 bits per heavy atom. The second kappa shape index (κ2) is 8.28. The van der Waals surface area contributed by atoms with Crippen LogP contribution in [0.25, 0.3) is 33.4 Å². The lowest BCUT2D eigenvalue weighted by Crippen LogP contribution is -2.08. The van der Waals surface area contributed by atoms with E-state index in [1.165, 1.54) is 19.9 Å². The van der Waals surface area contributed by atoms with E-state index in [2.05, 4.69) is 0 Å². The number of benzene rings is 3. The molecule has 1 heterocycles. The van der Waals surface area contributed by atoms with Crippen molar-refractivity contribution < 1.29 is 23.5 Å². The number of rotatable bonds is 4. The SMILES string of the molecule is CC(=O)Oc1ccc(-c2c(-c3ccccc3)oc3cc(OC(C)=O)ccc3c2=O)cc1. The van der Waals surface area contributed by atoms with Gasteiger partial charge in [0.1, 0.15) is 22.8 Å². The third-order valence-electron chi connectivity index (χ3n) is 4.57. The molecule has 0 saturated carbocycles. The molecule has 4 rings (SSSR count). The molecular formula is C25H18O6. The quantitative estimate of drug-likeness (QED) is 0.346. The van der Waals surface area contributed by atoms with E-state index < -0.39 is 11.9 Å². The summed E-state index contributed by atoms with van der Waals surface area (Å²) in [7, 11) is 0. The lowest BCUT2D eigenvalue weighted by Gasteiger charge is -2.12. The molecule has 154 valence electrons. The molecule has 4 aromatic rings. The Morgan fingerprint density at radius 3 is 2.00 bits per heavy atom. The van der Waals surface area contributed by atoms with E-state index in [1.807, 2.05) is 30.3 Å². The predicted octanol–water partition coefficient (Wildman–Crippen LogP) is 4.98. The summed E-state index contributed by atoms with van der Waals surface area (Å²) in [4.78, 5) is 35.9. The number of carbonyl (C=O) groups excluding carboxylic acids is 2. The molecule has 0 bridgehead atoms. The van der Waals surface area contributed by atoms with Gasteiger partial charge in [0.15, 0.2) is 0 Å². The van der Waals surface area contributed by atoms with Gasteiger partial charge in [-0.15, -0.1) is 0 Å². The van der Waals surface area contributed by atoms with Gasteiger partial charge in [-0.05, 0) is 29.8 Å². The number of hydrogen-bond acceptors (Lipinski definition) is 6. The lowest BCUT2D eigenvalue weighted by atomic mass is 9.98. The molecule has 0 amide bonds. The number of carbonyl (C=O) groups is 2. The van der Waals surface area contributed by atoms with Crippen LogP contribution in [0.4, 0.5) is 0 Å². The number of fused-ring (bicyclic) bond motifs is 1. The van der Waals surface area contributed by atoms with Crippen LogP contribution in [-0.4, -0.2) is 11.9 Å². The molecule has 0 aliphatic heterocycles. The monoisotopic (exact) mass is 414 g/mol. The zero-order valence-corrected chi connectivity index (χ0v) is 16.9. The van der Waals surface area contributed by atoms with E-state index in [4.69, 9.17) is 13.9 Å². The molecule has 0 aliphatic rings. The van der Waals surface area contributed by atoms with Crippen LogP contribution >= 0.6 is 0 Å². The average molecular weight is 414 g/mol. The Kier molecular flexibility index (Phi) is 5.37. The van der Waals surface area contributed by atoms with Crippen LogP contribution in [0.1, 0.15) is 13.8 Å². The van der Waals surface area contributed by atoms with Gasteiger partial charge in [-0.3, -0.25) is 14.4 Å². The van der Waals surface area contributed by atoms with Crippen molar-refractivity contribution in [3.05, 3.63) is 83.0 Å². The van der Waals surface area contributed by atoms with Crippen LogP contribution in [0.15, 0.2) is 82.0 Å². The van der Waals surface area contributed by atoms with E-state index in [0.717, 1.165) is 5.56 Å². The summed E-state index contributed by atoms with van der Waals surface area (Å²) in [5.41, 5.74) is 1.80. The van der Waals surface area contributed by atoms with Crippen LogP contribution in [0.2, 0.25) is 0 Å². The van der Waals surface area contributed by atoms with Gasteiger partial charge in [0.2, 0.25) is 5.43 Å². The Hall–Kier alpha value is -4.19. The van der Waals surface area contributed by atoms with Crippen molar-refractivity contribution in [3.63, 3.8) is 0 Å². The highest BCUT2D eigenvalue weighted by molar-refractivity contribution is 5.90. The fourth-order valence-corrected chi connectivity index (χ4v) is 3.31. The molecule has 0 spiro atoms. The normalized spacial score (nSPS) is 10.6. The number of hydrogen-bond donors (Lipinski definition) is 0. The molecule has 0 aliphatic carbocycles. The van der Waals surface area contributed by atoms with Gasteiger partial charge in [-0.25, -0.2) is 0 Å². The molecule has 3 aromatic carbocycles. The molecule has 6 nitrogen and oxygen atoms in total. The number of esters is 2. The molecule has 0 radical (unpaired) electrons. The first-order valence-corrected chi connectivity index (χ1v) is 9.56. The summed E-state index contributed by atoms with van der Waals surface area (Å²) in [6.45, 7) is 2.63. The van der Waals surface area contributed by atoms with Crippen molar-refractivity contribution in [1.82, 2.24) is 0 Å². The molecule has 0 unspecified atom stereocenters. The van der Waals surface area contributed by atoms with E-state index >= 15 is 0 Å². The van der Waals surface area contributed by atoms with Crippen LogP contribution in [0.3, 0.4) is 0 Å². The highest BCUT2D eigenvalue weighted by Crippen LogP contribution is 2.34. The van der Waals surface area contributed by atoms with Crippen LogP contribution in [-0.2, 0) is 9.59 Å². The summed E-state index contributed by atoms with van der Waals surface area (Å²) in [5.74, 6) is 0.175. The summed E-state index contributed by atoms with van der Waals surface area (Å²) in [6, 6.07) is 20.6. The lowest BCUT2D eigenvalue weighted by molar-refractivity contribution is -0.132. The molecule has 0 N–H and O–H groups in total. The minimum Gasteiger partial charge on any atom is -0.455 e. The predicted molar refractivity (Wildman–Crippen MR) is 116 cm³/mol. The van der Waals surface area contributed by atoms with Crippen LogP contribution in [0.5, 0.6) is 11.5 Å². The fraction of sp³-hybridized carbons (Fsp3) is 0.0800. The first kappa shape index (κ1) is 20.1. The van der Waals surface area contributed by atoms with Crippen molar-refractivity contribution >= 4 is 22.9 Å². The minimum absolute atomic E-state index is 0.227.